The molecule has 70 heavy (non-hydrogen) atoms. The first-order valence-corrected chi connectivity index (χ1v) is 24.5. The normalized spacial score (nSPS) is 37.5. The maximum atomic E-state index is 13.9. The van der Waals surface area contributed by atoms with Gasteiger partial charge in [0.05, 0.1) is 42.9 Å². The van der Waals surface area contributed by atoms with Crippen molar-refractivity contribution in [1.82, 2.24) is 9.80 Å². The van der Waals surface area contributed by atoms with Gasteiger partial charge in [-0.05, 0) is 78.7 Å². The summed E-state index contributed by atoms with van der Waals surface area (Å²) in [6.07, 6.45) is -10.3. The van der Waals surface area contributed by atoms with Crippen molar-refractivity contribution in [2.45, 2.75) is 204 Å². The van der Waals surface area contributed by atoms with E-state index in [1.165, 1.54) is 14.0 Å². The average Bonchev–Trinajstić information content (AvgIpc) is 3.27. The molecule has 0 radical (unpaired) electrons. The van der Waals surface area contributed by atoms with Gasteiger partial charge in [0, 0.05) is 52.7 Å². The van der Waals surface area contributed by atoms with Gasteiger partial charge in [0.25, 0.3) is 0 Å². The molecule has 2 saturated heterocycles. The number of aldehydes is 1. The molecule has 18 atom stereocenters. The molecule has 0 spiro atoms. The minimum atomic E-state index is -1.53. The largest absolute Gasteiger partial charge is 0.462 e. The van der Waals surface area contributed by atoms with Crippen LogP contribution < -0.4 is 0 Å². The van der Waals surface area contributed by atoms with Crippen LogP contribution in [0, 0.1) is 11.8 Å². The highest BCUT2D eigenvalue weighted by Crippen LogP contribution is 2.38. The molecule has 3 aliphatic rings. The molecule has 0 saturated carbocycles. The van der Waals surface area contributed by atoms with Crippen molar-refractivity contribution in [2.24, 2.45) is 11.8 Å². The molecule has 0 unspecified atom stereocenters. The Bertz CT molecular complexity index is 1850. The number of nitrogens with zero attached hydrogens (tertiary/aromatic N) is 2. The zero-order valence-electron chi connectivity index (χ0n) is 43.0. The number of cyclic esters (lactones) is 1. The maximum absolute atomic E-state index is 13.9. The van der Waals surface area contributed by atoms with Gasteiger partial charge in [-0.2, -0.15) is 0 Å². The summed E-state index contributed by atoms with van der Waals surface area (Å²) >= 11 is 0. The Morgan fingerprint density at radius 1 is 0.871 bits per heavy atom. The van der Waals surface area contributed by atoms with Gasteiger partial charge in [-0.3, -0.25) is 24.1 Å². The van der Waals surface area contributed by atoms with E-state index >= 15 is 0 Å². The van der Waals surface area contributed by atoms with Crippen LogP contribution >= 0.6 is 0 Å². The zero-order valence-corrected chi connectivity index (χ0v) is 43.0. The van der Waals surface area contributed by atoms with E-state index in [1.54, 1.807) is 72.7 Å². The van der Waals surface area contributed by atoms with Crippen LogP contribution in [0.1, 0.15) is 106 Å². The van der Waals surface area contributed by atoms with Crippen molar-refractivity contribution >= 4 is 30.2 Å². The third kappa shape index (κ3) is 16.3. The standard InChI is InChI=1S/C51H80N2O17/c1-13-40(57)67-39-26-42(59)63-30(4)25-37(56)36(53(11)28-34-18-16-15-17-19-34)20-21-38(66-33(7)55)29(3)24-35(22-23-54)47(48(39)62-12)70-50-45(60)44(52(9)10)46(31(5)65-50)69-43-27-51(8,61)49(32(6)64-43)68-41(58)14-2/h15-21,23,29-32,35-39,43-50,56,60-61H,13-14,22,24-28H2,1-12H3/b21-20+/t29-,30-,31-,32+,35+,36-,37+,38+,39-,43+,44-,45-,46-,47+,48+,49+,50+,51-/m1/s1. The summed E-state index contributed by atoms with van der Waals surface area (Å²) in [5, 5.41) is 35.5. The number of hydrogen-bond acceptors (Lipinski definition) is 19. The first-order valence-electron chi connectivity index (χ1n) is 24.5. The number of carbonyl (C=O) groups excluding carboxylic acids is 5. The Balaban J connectivity index is 1.77. The topological polar surface area (TPSA) is 236 Å². The van der Waals surface area contributed by atoms with Gasteiger partial charge in [-0.25, -0.2) is 0 Å². The fraction of sp³-hybridized carbons (Fsp3) is 0.745. The number of ether oxygens (including phenoxy) is 9. The van der Waals surface area contributed by atoms with Gasteiger partial charge >= 0.3 is 23.9 Å². The van der Waals surface area contributed by atoms with Crippen LogP contribution in [-0.2, 0) is 73.1 Å². The van der Waals surface area contributed by atoms with Crippen molar-refractivity contribution in [1.29, 1.82) is 0 Å². The van der Waals surface area contributed by atoms with E-state index in [0.717, 1.165) is 5.56 Å². The Kier molecular flexibility index (Phi) is 22.8. The van der Waals surface area contributed by atoms with Crippen LogP contribution in [0.5, 0.6) is 0 Å². The SMILES string of the molecule is CCC(=O)O[C@@H]1CC(=O)O[C@H](C)C[C@H](O)[C@H](N(C)Cc2ccccc2)/C=C/[C@H](OC(C)=O)[C@H](C)C[C@H](CC=O)[C@H](O[C@@H]2O[C@H](C)[C@@H](O[C@H]3C[C@@](C)(O)[C@@H](OC(=O)CC)[C@H](C)O3)[C@H](N(C)C)[C@H]2O)[C@H]1OC. The number of aliphatic hydroxyl groups is 3. The number of methoxy groups -OCH3 is 1. The highest BCUT2D eigenvalue weighted by Gasteiger charge is 2.53. The summed E-state index contributed by atoms with van der Waals surface area (Å²) in [6, 6.07) is 8.19. The summed E-state index contributed by atoms with van der Waals surface area (Å²) in [5.74, 6) is -3.82. The summed E-state index contributed by atoms with van der Waals surface area (Å²) < 4.78 is 55.3. The lowest BCUT2D eigenvalue weighted by Gasteiger charge is -2.50. The minimum absolute atomic E-state index is 0.0148. The van der Waals surface area contributed by atoms with E-state index < -0.39 is 140 Å². The van der Waals surface area contributed by atoms with E-state index in [2.05, 4.69) is 0 Å². The van der Waals surface area contributed by atoms with Gasteiger partial charge in [0.1, 0.15) is 48.5 Å². The van der Waals surface area contributed by atoms with Crippen LogP contribution in [0.2, 0.25) is 0 Å². The van der Waals surface area contributed by atoms with E-state index in [-0.39, 0.29) is 38.5 Å². The van der Waals surface area contributed by atoms with Crippen LogP contribution in [0.4, 0.5) is 0 Å². The smallest absolute Gasteiger partial charge is 0.309 e. The van der Waals surface area contributed by atoms with Crippen molar-refractivity contribution in [3.63, 3.8) is 0 Å². The van der Waals surface area contributed by atoms with Gasteiger partial charge in [0.2, 0.25) is 0 Å². The van der Waals surface area contributed by atoms with Crippen molar-refractivity contribution in [2.75, 3.05) is 28.3 Å². The number of esters is 4. The zero-order chi connectivity index (χ0) is 52.0. The molecule has 19 heteroatoms. The van der Waals surface area contributed by atoms with Gasteiger partial charge in [-0.15, -0.1) is 0 Å². The van der Waals surface area contributed by atoms with Crippen molar-refractivity contribution < 1.29 is 81.9 Å². The Hall–Kier alpha value is -3.89. The summed E-state index contributed by atoms with van der Waals surface area (Å²) in [7, 11) is 6.66. The Morgan fingerprint density at radius 2 is 1.53 bits per heavy atom. The summed E-state index contributed by atoms with van der Waals surface area (Å²) in [5.41, 5.74) is -0.540. The minimum Gasteiger partial charge on any atom is -0.462 e. The lowest BCUT2D eigenvalue weighted by molar-refractivity contribution is -0.344. The molecule has 3 heterocycles. The fourth-order valence-electron chi connectivity index (χ4n) is 9.88. The summed E-state index contributed by atoms with van der Waals surface area (Å²) in [6.45, 7) is 13.4. The molecule has 0 amide bonds. The van der Waals surface area contributed by atoms with E-state index in [9.17, 15) is 39.3 Å². The molecular weight excluding hydrogens is 913 g/mol. The monoisotopic (exact) mass is 993 g/mol. The van der Waals surface area contributed by atoms with Gasteiger partial charge < -0.3 is 67.6 Å². The van der Waals surface area contributed by atoms with Crippen LogP contribution in [0.25, 0.3) is 0 Å². The van der Waals surface area contributed by atoms with E-state index in [0.29, 0.717) is 12.8 Å². The molecule has 0 aromatic heterocycles. The molecular formula is C51H80N2O17. The number of carbonyl (C=O) groups is 5. The molecule has 1 aromatic rings. The van der Waals surface area contributed by atoms with Crippen LogP contribution in [0.3, 0.4) is 0 Å². The maximum Gasteiger partial charge on any atom is 0.309 e. The molecule has 3 aliphatic heterocycles. The second kappa shape index (κ2) is 27.2. The number of aliphatic hydroxyl groups excluding tert-OH is 2. The van der Waals surface area contributed by atoms with Crippen molar-refractivity contribution in [3.8, 4) is 0 Å². The number of likely N-dealkylation sites (N-methyl/N-ethyl adjacent to an activating group) is 2. The Labute approximate surface area is 413 Å². The van der Waals surface area contributed by atoms with Crippen LogP contribution in [0.15, 0.2) is 42.5 Å². The quantitative estimate of drug-likeness (QED) is 0.0928. The fourth-order valence-corrected chi connectivity index (χ4v) is 9.88. The third-order valence-electron chi connectivity index (χ3n) is 13.4. The predicted octanol–water partition coefficient (Wildman–Crippen LogP) is 3.64. The molecule has 1 aromatic carbocycles. The van der Waals surface area contributed by atoms with E-state index in [1.807, 2.05) is 49.2 Å². The number of rotatable bonds is 16. The predicted molar refractivity (Wildman–Crippen MR) is 253 cm³/mol. The third-order valence-corrected chi connectivity index (χ3v) is 13.4. The number of benzene rings is 1. The number of hydrogen-bond donors (Lipinski definition) is 3. The lowest BCUT2D eigenvalue weighted by atomic mass is 9.82. The van der Waals surface area contributed by atoms with Crippen molar-refractivity contribution in [3.05, 3.63) is 48.0 Å². The highest BCUT2D eigenvalue weighted by molar-refractivity contribution is 5.73. The molecule has 0 aliphatic carbocycles. The van der Waals surface area contributed by atoms with Gasteiger partial charge in [0.15, 0.2) is 18.7 Å². The highest BCUT2D eigenvalue weighted by atomic mass is 16.7. The lowest BCUT2D eigenvalue weighted by Crippen LogP contribution is -2.66. The summed E-state index contributed by atoms with van der Waals surface area (Å²) in [4.78, 5) is 68.4. The molecule has 3 N–H and O–H groups in total. The van der Waals surface area contributed by atoms with Crippen LogP contribution in [-0.4, -0.2) is 181 Å². The van der Waals surface area contributed by atoms with Gasteiger partial charge in [-0.1, -0.05) is 57.2 Å². The second-order valence-corrected chi connectivity index (χ2v) is 19.6. The van der Waals surface area contributed by atoms with E-state index in [4.69, 9.17) is 42.6 Å². The first kappa shape index (κ1) is 58.7. The molecule has 0 bridgehead atoms. The average molecular weight is 993 g/mol. The molecule has 19 nitrogen and oxygen atoms in total. The molecule has 396 valence electrons. The Morgan fingerprint density at radius 3 is 2.11 bits per heavy atom. The first-order chi connectivity index (χ1) is 33.0. The molecule has 4 rings (SSSR count). The second-order valence-electron chi connectivity index (χ2n) is 19.6. The molecule has 2 fully saturated rings.